The smallest absolute Gasteiger partial charge is 1.00 e. The van der Waals surface area contributed by atoms with Gasteiger partial charge >= 0.3 is 37.7 Å². The molecule has 0 spiro atoms. The van der Waals surface area contributed by atoms with E-state index in [1.54, 1.807) is 0 Å². The molecule has 0 heterocycles. The topological polar surface area (TPSA) is 0 Å². The Balaban J connectivity index is 0. The molecule has 0 nitrogen and oxygen atoms in total. The molecule has 0 unspecified atom stereocenters. The summed E-state index contributed by atoms with van der Waals surface area (Å²) in [5, 5.41) is 0. The molecule has 0 saturated heterocycles. The van der Waals surface area contributed by atoms with E-state index in [1.165, 1.54) is 0 Å². The molecule has 0 atom stereocenters. The summed E-state index contributed by atoms with van der Waals surface area (Å²) >= 11 is 0. The third-order valence-electron chi connectivity index (χ3n) is 0. The molecular formula is H6AlCaFeSi. The fourth-order valence-corrected chi connectivity index (χ4v) is 0. The fourth-order valence-electron chi connectivity index (χ4n) is 0. The first-order valence-corrected chi connectivity index (χ1v) is 0. The predicted octanol–water partition coefficient (Wildman–Crippen LogP) is -1.99. The maximum absolute atomic E-state index is 0. The molecule has 0 aliphatic rings. The Kier molecular flexibility index (Phi) is 138. The molecule has 0 bridgehead atoms. The third kappa shape index (κ3) is 8.82. The molecule has 0 aliphatic heterocycles. The van der Waals surface area contributed by atoms with Gasteiger partial charge in [0.15, 0.2) is 0 Å². The zero-order valence-electron chi connectivity index (χ0n) is 4.77. The van der Waals surface area contributed by atoms with E-state index in [2.05, 4.69) is 0 Å². The van der Waals surface area contributed by atoms with Crippen LogP contribution in [-0.4, -0.2) is 66.1 Å². The van der Waals surface area contributed by atoms with Crippen molar-refractivity contribution in [2.45, 2.75) is 0 Å². The molecule has 0 aromatic rings. The zero-order chi connectivity index (χ0) is 0. The number of rotatable bonds is 0. The van der Waals surface area contributed by atoms with Crippen LogP contribution in [0.2, 0.25) is 0 Å². The maximum Gasteiger partial charge on any atom is 2.00 e. The molecule has 0 rings (SSSR count). The third-order valence-corrected chi connectivity index (χ3v) is 0. The second-order valence-corrected chi connectivity index (χ2v) is 0. The van der Waals surface area contributed by atoms with E-state index in [1.807, 2.05) is 0 Å². The van der Waals surface area contributed by atoms with Gasteiger partial charge in [0.2, 0.25) is 0 Å². The van der Waals surface area contributed by atoms with Crippen LogP contribution in [-0.2, 0) is 17.1 Å². The Hall–Kier alpha value is 2.53. The van der Waals surface area contributed by atoms with Gasteiger partial charge < -0.3 is 2.85 Å². The number of hydrogen-bond donors (Lipinski definition) is 0. The van der Waals surface area contributed by atoms with E-state index in [4.69, 9.17) is 0 Å². The van der Waals surface area contributed by atoms with Crippen molar-refractivity contribution in [3.8, 4) is 0 Å². The molecule has 0 aromatic heterocycles. The average molecular weight is 157 g/mol. The molecule has 4 heavy (non-hydrogen) atoms. The molecular weight excluding hydrogens is 151 g/mol. The summed E-state index contributed by atoms with van der Waals surface area (Å²) in [6.07, 6.45) is 0. The summed E-state index contributed by atoms with van der Waals surface area (Å²) in [5.41, 5.74) is 0. The van der Waals surface area contributed by atoms with Crippen LogP contribution >= 0.6 is 0 Å². The van der Waals surface area contributed by atoms with Crippen LogP contribution in [0.1, 0.15) is 2.85 Å². The molecule has 3 radical (unpaired) electrons. The molecule has 0 aliphatic carbocycles. The maximum atomic E-state index is 0. The van der Waals surface area contributed by atoms with E-state index in [0.717, 1.165) is 0 Å². The molecule has 0 aromatic carbocycles. The average Bonchev–Trinajstić information content (AvgIpc) is 0. The van der Waals surface area contributed by atoms with Gasteiger partial charge in [-0.15, -0.1) is 0 Å². The van der Waals surface area contributed by atoms with Gasteiger partial charge in [0.1, 0.15) is 0 Å². The minimum atomic E-state index is 0. The molecule has 4 heteroatoms. The van der Waals surface area contributed by atoms with Crippen LogP contribution in [0.15, 0.2) is 0 Å². The van der Waals surface area contributed by atoms with Gasteiger partial charge in [-0.1, -0.05) is 0 Å². The van der Waals surface area contributed by atoms with Crippen LogP contribution in [0.25, 0.3) is 0 Å². The summed E-state index contributed by atoms with van der Waals surface area (Å²) < 4.78 is 0. The summed E-state index contributed by atoms with van der Waals surface area (Å²) in [6, 6.07) is 0. The second-order valence-electron chi connectivity index (χ2n) is 0. The van der Waals surface area contributed by atoms with E-state index in [9.17, 15) is 0 Å². The molecule has 0 saturated carbocycles. The minimum Gasteiger partial charge on any atom is -1.00 e. The van der Waals surface area contributed by atoms with E-state index < -0.39 is 0 Å². The Bertz CT molecular complexity index is 13.5. The van der Waals surface area contributed by atoms with E-state index >= 15 is 0 Å². The normalized spacial score (nSPS) is 0. The Morgan fingerprint density at radius 2 is 1.25 bits per heavy atom. The predicted molar refractivity (Wildman–Crippen MR) is 25.1 cm³/mol. The number of hydrogen-bond acceptors (Lipinski definition) is 0. The van der Waals surface area contributed by atoms with Gasteiger partial charge in [-0.25, -0.2) is 0 Å². The first-order valence-electron chi connectivity index (χ1n) is 0. The minimum absolute atomic E-state index is 0. The first kappa shape index (κ1) is 31.2. The van der Waals surface area contributed by atoms with E-state index in [-0.39, 0.29) is 86.0 Å². The van der Waals surface area contributed by atoms with Gasteiger partial charge in [-0.05, 0) is 11.0 Å². The summed E-state index contributed by atoms with van der Waals surface area (Å²) in [7, 11) is 0. The van der Waals surface area contributed by atoms with Gasteiger partial charge in [0, 0.05) is 17.1 Å². The standard InChI is InChI=1S/Al.Ca.Fe.H3Si.3H/h;;;1H3;;;/q;+2;;;;2*-1. The van der Waals surface area contributed by atoms with Crippen molar-refractivity contribution in [2.75, 3.05) is 0 Å². The van der Waals surface area contributed by atoms with Crippen LogP contribution in [0.5, 0.6) is 0 Å². The van der Waals surface area contributed by atoms with Crippen molar-refractivity contribution in [3.63, 3.8) is 0 Å². The fraction of sp³-hybridized carbons (Fsp3) is 0. The quantitative estimate of drug-likeness (QED) is 0.357. The van der Waals surface area contributed by atoms with E-state index in [0.29, 0.717) is 0 Å². The summed E-state index contributed by atoms with van der Waals surface area (Å²) in [4.78, 5) is 0. The molecule has 0 N–H and O–H groups in total. The Morgan fingerprint density at radius 3 is 1.25 bits per heavy atom. The van der Waals surface area contributed by atoms with Crippen molar-refractivity contribution in [1.29, 1.82) is 0 Å². The van der Waals surface area contributed by atoms with Gasteiger partial charge in [0.25, 0.3) is 0 Å². The second kappa shape index (κ2) is 17.7. The summed E-state index contributed by atoms with van der Waals surface area (Å²) in [6.45, 7) is 0. The van der Waals surface area contributed by atoms with Gasteiger partial charge in [0.05, 0.1) is 17.4 Å². The Morgan fingerprint density at radius 1 is 1.25 bits per heavy atom. The van der Waals surface area contributed by atoms with Crippen molar-refractivity contribution in [3.05, 3.63) is 0 Å². The van der Waals surface area contributed by atoms with Gasteiger partial charge in [-0.2, -0.15) is 0 Å². The molecule has 0 fully saturated rings. The van der Waals surface area contributed by atoms with Crippen molar-refractivity contribution in [1.82, 2.24) is 0 Å². The van der Waals surface area contributed by atoms with Crippen LogP contribution < -0.4 is 0 Å². The van der Waals surface area contributed by atoms with Crippen molar-refractivity contribution in [2.24, 2.45) is 0 Å². The Labute approximate surface area is 84.7 Å². The van der Waals surface area contributed by atoms with Crippen molar-refractivity contribution < 1.29 is 19.9 Å². The van der Waals surface area contributed by atoms with Crippen LogP contribution in [0.3, 0.4) is 0 Å². The van der Waals surface area contributed by atoms with Crippen LogP contribution in [0, 0.1) is 0 Å². The van der Waals surface area contributed by atoms with Gasteiger partial charge in [-0.3, -0.25) is 0 Å². The monoisotopic (exact) mass is 157 g/mol. The van der Waals surface area contributed by atoms with Crippen molar-refractivity contribution >= 4 is 66.1 Å². The molecule has 0 amide bonds. The SMILES string of the molecule is [AlH].[Ca+2].[Fe].[H-].[H-].[SiH3]. The van der Waals surface area contributed by atoms with Crippen LogP contribution in [0.4, 0.5) is 0 Å². The zero-order valence-corrected chi connectivity index (χ0v) is 9.49. The first-order chi connectivity index (χ1) is 0. The summed E-state index contributed by atoms with van der Waals surface area (Å²) in [5.74, 6) is 0. The molecule has 23 valence electrons. The largest absolute Gasteiger partial charge is 2.00 e.